The van der Waals surface area contributed by atoms with Crippen molar-refractivity contribution in [1.29, 1.82) is 0 Å². The zero-order valence-electron chi connectivity index (χ0n) is 13.8. The fourth-order valence-corrected chi connectivity index (χ4v) is 3.28. The van der Waals surface area contributed by atoms with E-state index in [9.17, 15) is 9.70 Å². The summed E-state index contributed by atoms with van der Waals surface area (Å²) in [5.41, 5.74) is 1.72. The molecule has 0 aromatic heterocycles. The Hall–Kier alpha value is -1.91. The molecule has 2 atom stereocenters. The maximum atomic E-state index is 11.2. The largest absolute Gasteiger partial charge is 0.479 e. The van der Waals surface area contributed by atoms with Gasteiger partial charge in [0.05, 0.1) is 0 Å². The zero-order valence-corrected chi connectivity index (χ0v) is 13.8. The molecular weight excluding hydrogens is 294 g/mol. The Bertz CT molecular complexity index is 552. The molecule has 126 valence electrons. The number of rotatable bonds is 8. The summed E-state index contributed by atoms with van der Waals surface area (Å²) in [7, 11) is 0. The molecular formula is C18H25NO4. The predicted octanol–water partition coefficient (Wildman–Crippen LogP) is 4.62. The molecule has 1 N–H and O–H groups in total. The van der Waals surface area contributed by atoms with E-state index in [1.165, 1.54) is 25.7 Å². The highest BCUT2D eigenvalue weighted by atomic mass is 16.5. The minimum atomic E-state index is -0.968. The molecule has 0 saturated heterocycles. The quantitative estimate of drug-likeness (QED) is 0.709. The van der Waals surface area contributed by atoms with Crippen molar-refractivity contribution in [2.24, 2.45) is 11.1 Å². The third-order valence-corrected chi connectivity index (χ3v) is 4.66. The van der Waals surface area contributed by atoms with Crippen molar-refractivity contribution >= 4 is 5.97 Å². The second kappa shape index (κ2) is 8.09. The van der Waals surface area contributed by atoms with Gasteiger partial charge in [-0.3, -0.25) is 0 Å². The number of carboxylic acid groups (broad SMARTS) is 1. The molecule has 0 spiro atoms. The van der Waals surface area contributed by atoms with Gasteiger partial charge in [0.2, 0.25) is 0 Å². The van der Waals surface area contributed by atoms with Gasteiger partial charge in [0.25, 0.3) is 0 Å². The summed E-state index contributed by atoms with van der Waals surface area (Å²) in [4.78, 5) is 22.3. The van der Waals surface area contributed by atoms with Crippen molar-refractivity contribution < 1.29 is 14.6 Å². The van der Waals surface area contributed by atoms with Crippen LogP contribution in [0.2, 0.25) is 0 Å². The van der Waals surface area contributed by atoms with Gasteiger partial charge in [-0.15, -0.1) is 0 Å². The third-order valence-electron chi connectivity index (χ3n) is 4.66. The van der Waals surface area contributed by atoms with Crippen LogP contribution in [0.5, 0.6) is 5.75 Å². The van der Waals surface area contributed by atoms with Gasteiger partial charge in [-0.1, -0.05) is 49.9 Å². The number of aryl methyl sites for hydroxylation is 1. The standard InChI is InChI=1S/C18H25NO4/c1-3-16(18(20)21)23-17-9-8-14(10-12(17)2)15(19-22)11-13-6-4-5-7-13/h8-10,13,15-16H,3-7,11H2,1-2H3,(H,20,21). The number of carboxylic acids is 1. The number of nitrogens with zero attached hydrogens (tertiary/aromatic N) is 1. The summed E-state index contributed by atoms with van der Waals surface area (Å²) in [6.07, 6.45) is 5.21. The Morgan fingerprint density at radius 1 is 1.39 bits per heavy atom. The van der Waals surface area contributed by atoms with Crippen LogP contribution in [-0.2, 0) is 4.79 Å². The monoisotopic (exact) mass is 319 g/mol. The molecule has 0 bridgehead atoms. The summed E-state index contributed by atoms with van der Waals surface area (Å²) < 4.78 is 5.55. The van der Waals surface area contributed by atoms with Crippen molar-refractivity contribution in [3.8, 4) is 5.75 Å². The molecule has 2 rings (SSSR count). The Kier molecular flexibility index (Phi) is 6.13. The number of aliphatic carboxylic acids is 1. The lowest BCUT2D eigenvalue weighted by molar-refractivity contribution is -0.145. The van der Waals surface area contributed by atoms with E-state index in [0.717, 1.165) is 17.5 Å². The molecule has 0 aliphatic heterocycles. The zero-order chi connectivity index (χ0) is 16.8. The van der Waals surface area contributed by atoms with Gasteiger partial charge in [0, 0.05) is 0 Å². The van der Waals surface area contributed by atoms with E-state index in [1.54, 1.807) is 13.0 Å². The molecule has 5 heteroatoms. The fourth-order valence-electron chi connectivity index (χ4n) is 3.28. The van der Waals surface area contributed by atoms with Gasteiger partial charge in [0.1, 0.15) is 11.8 Å². The van der Waals surface area contributed by atoms with Crippen molar-refractivity contribution in [3.63, 3.8) is 0 Å². The first-order chi connectivity index (χ1) is 11.0. The van der Waals surface area contributed by atoms with Crippen LogP contribution in [0.25, 0.3) is 0 Å². The minimum absolute atomic E-state index is 0.327. The van der Waals surface area contributed by atoms with Crippen LogP contribution in [0.1, 0.15) is 62.6 Å². The van der Waals surface area contributed by atoms with Crippen LogP contribution in [0.15, 0.2) is 23.4 Å². The van der Waals surface area contributed by atoms with Crippen molar-refractivity contribution in [2.75, 3.05) is 0 Å². The summed E-state index contributed by atoms with van der Waals surface area (Å²) >= 11 is 0. The molecule has 0 heterocycles. The molecule has 5 nitrogen and oxygen atoms in total. The first kappa shape index (κ1) is 17.4. The first-order valence-corrected chi connectivity index (χ1v) is 8.37. The van der Waals surface area contributed by atoms with Crippen LogP contribution in [0, 0.1) is 17.7 Å². The normalized spacial score (nSPS) is 17.7. The van der Waals surface area contributed by atoms with Gasteiger partial charge in [0.15, 0.2) is 6.10 Å². The lowest BCUT2D eigenvalue weighted by Gasteiger charge is -2.18. The van der Waals surface area contributed by atoms with Gasteiger partial charge < -0.3 is 9.84 Å². The highest BCUT2D eigenvalue weighted by molar-refractivity contribution is 5.72. The molecule has 2 unspecified atom stereocenters. The first-order valence-electron chi connectivity index (χ1n) is 8.37. The van der Waals surface area contributed by atoms with Crippen molar-refractivity contribution in [1.82, 2.24) is 0 Å². The average Bonchev–Trinajstić information content (AvgIpc) is 3.04. The lowest BCUT2D eigenvalue weighted by atomic mass is 9.93. The summed E-state index contributed by atoms with van der Waals surface area (Å²) in [5.74, 6) is 0.170. The van der Waals surface area contributed by atoms with E-state index in [0.29, 0.717) is 18.1 Å². The van der Waals surface area contributed by atoms with E-state index in [1.807, 2.05) is 19.1 Å². The smallest absolute Gasteiger partial charge is 0.344 e. The third kappa shape index (κ3) is 4.53. The summed E-state index contributed by atoms with van der Waals surface area (Å²) in [6.45, 7) is 3.64. The van der Waals surface area contributed by atoms with Crippen molar-refractivity contribution in [2.45, 2.75) is 64.5 Å². The Morgan fingerprint density at radius 3 is 2.61 bits per heavy atom. The maximum Gasteiger partial charge on any atom is 0.344 e. The van der Waals surface area contributed by atoms with Gasteiger partial charge in [-0.05, 0) is 42.9 Å². The molecule has 0 amide bonds. The van der Waals surface area contributed by atoms with E-state index >= 15 is 0 Å². The topological polar surface area (TPSA) is 76.0 Å². The Balaban J connectivity index is 2.10. The number of carbonyl (C=O) groups is 1. The van der Waals surface area contributed by atoms with Crippen LogP contribution in [0.4, 0.5) is 0 Å². The van der Waals surface area contributed by atoms with Gasteiger partial charge in [-0.25, -0.2) is 4.79 Å². The van der Waals surface area contributed by atoms with E-state index in [-0.39, 0.29) is 6.04 Å². The molecule has 1 saturated carbocycles. The van der Waals surface area contributed by atoms with Crippen LogP contribution in [-0.4, -0.2) is 17.2 Å². The second-order valence-corrected chi connectivity index (χ2v) is 6.39. The SMILES string of the molecule is CCC(Oc1ccc(C(CC2CCCC2)N=O)cc1C)C(=O)O. The van der Waals surface area contributed by atoms with E-state index in [4.69, 9.17) is 9.84 Å². The fraction of sp³-hybridized carbons (Fsp3) is 0.611. The average molecular weight is 319 g/mol. The number of hydrogen-bond acceptors (Lipinski definition) is 4. The number of nitroso groups, excluding NO2 is 1. The molecule has 0 radical (unpaired) electrons. The van der Waals surface area contributed by atoms with Crippen LogP contribution >= 0.6 is 0 Å². The second-order valence-electron chi connectivity index (χ2n) is 6.39. The molecule has 1 aliphatic carbocycles. The molecule has 1 aromatic rings. The van der Waals surface area contributed by atoms with Crippen molar-refractivity contribution in [3.05, 3.63) is 34.2 Å². The van der Waals surface area contributed by atoms with Gasteiger partial charge >= 0.3 is 5.97 Å². The minimum Gasteiger partial charge on any atom is -0.479 e. The number of benzene rings is 1. The molecule has 1 fully saturated rings. The van der Waals surface area contributed by atoms with Crippen LogP contribution in [0.3, 0.4) is 0 Å². The van der Waals surface area contributed by atoms with E-state index < -0.39 is 12.1 Å². The molecule has 1 aromatic carbocycles. The summed E-state index contributed by atoms with van der Waals surface area (Å²) in [5, 5.41) is 12.4. The highest BCUT2D eigenvalue weighted by Gasteiger charge is 2.23. The van der Waals surface area contributed by atoms with E-state index in [2.05, 4.69) is 5.18 Å². The Morgan fingerprint density at radius 2 is 2.09 bits per heavy atom. The maximum absolute atomic E-state index is 11.2. The molecule has 1 aliphatic rings. The predicted molar refractivity (Wildman–Crippen MR) is 88.6 cm³/mol. The number of ether oxygens (including phenoxy) is 1. The molecule has 23 heavy (non-hydrogen) atoms. The number of hydrogen-bond donors (Lipinski definition) is 1. The van der Waals surface area contributed by atoms with Crippen LogP contribution < -0.4 is 4.74 Å². The summed E-state index contributed by atoms with van der Waals surface area (Å²) in [6, 6.07) is 5.15. The Labute approximate surface area is 137 Å². The lowest BCUT2D eigenvalue weighted by Crippen LogP contribution is -2.26. The highest BCUT2D eigenvalue weighted by Crippen LogP contribution is 2.36. The van der Waals surface area contributed by atoms with Gasteiger partial charge in [-0.2, -0.15) is 4.91 Å².